The number of nitrogens with zero attached hydrogens (tertiary/aromatic N) is 1. The van der Waals surface area contributed by atoms with Crippen LogP contribution in [0.3, 0.4) is 0 Å². The van der Waals surface area contributed by atoms with Gasteiger partial charge in [0.2, 0.25) is 0 Å². The lowest BCUT2D eigenvalue weighted by atomic mass is 10.0. The highest BCUT2D eigenvalue weighted by Gasteiger charge is 2.13. The van der Waals surface area contributed by atoms with Gasteiger partial charge in [0.15, 0.2) is 0 Å². The molecule has 0 bridgehead atoms. The van der Waals surface area contributed by atoms with E-state index < -0.39 is 11.9 Å². The summed E-state index contributed by atoms with van der Waals surface area (Å²) in [6, 6.07) is 14.7. The zero-order valence-corrected chi connectivity index (χ0v) is 14.9. The monoisotopic (exact) mass is 366 g/mol. The maximum atomic E-state index is 12.0. The van der Waals surface area contributed by atoms with E-state index in [1.807, 2.05) is 30.3 Å². The summed E-state index contributed by atoms with van der Waals surface area (Å²) in [6.07, 6.45) is 1.94. The Balaban J connectivity index is 2.08. The van der Waals surface area contributed by atoms with Gasteiger partial charge in [-0.1, -0.05) is 30.3 Å². The van der Waals surface area contributed by atoms with Crippen molar-refractivity contribution in [1.29, 1.82) is 0 Å². The Bertz CT molecular complexity index is 957. The zero-order valence-electron chi connectivity index (χ0n) is 14.1. The fraction of sp³-hybridized carbons (Fsp3) is 0.150. The first-order valence-electron chi connectivity index (χ1n) is 8.02. The molecule has 0 aliphatic carbocycles. The molecule has 132 valence electrons. The third kappa shape index (κ3) is 3.97. The summed E-state index contributed by atoms with van der Waals surface area (Å²) in [5, 5.41) is 11.7. The Morgan fingerprint density at radius 2 is 1.85 bits per heavy atom. The number of para-hydroxylation sites is 1. The summed E-state index contributed by atoms with van der Waals surface area (Å²) in [5.74, 6) is -1.57. The van der Waals surface area contributed by atoms with Crippen LogP contribution in [0.2, 0.25) is 0 Å². The van der Waals surface area contributed by atoms with Crippen LogP contribution in [0.15, 0.2) is 48.5 Å². The number of carboxylic acid groups (broad SMARTS) is 1. The Labute approximate surface area is 154 Å². The SMILES string of the molecule is COC(=O)c1ccccc1/C=C(\CCC(=O)[O-])c1nc2ccccc2s1. The summed E-state index contributed by atoms with van der Waals surface area (Å²) in [5.41, 5.74) is 2.67. The van der Waals surface area contributed by atoms with Gasteiger partial charge in [-0.3, -0.25) is 0 Å². The number of benzene rings is 2. The number of allylic oxidation sites excluding steroid dienone is 1. The lowest BCUT2D eigenvalue weighted by Crippen LogP contribution is -2.21. The number of thiazole rings is 1. The van der Waals surface area contributed by atoms with Crippen molar-refractivity contribution >= 4 is 45.1 Å². The van der Waals surface area contributed by atoms with Crippen LogP contribution in [0.5, 0.6) is 0 Å². The number of hydrogen-bond donors (Lipinski definition) is 0. The van der Waals surface area contributed by atoms with Gasteiger partial charge in [-0.05, 0) is 48.3 Å². The van der Waals surface area contributed by atoms with Gasteiger partial charge in [-0.25, -0.2) is 9.78 Å². The van der Waals surface area contributed by atoms with E-state index in [4.69, 9.17) is 4.74 Å². The third-order valence-electron chi connectivity index (χ3n) is 3.86. The summed E-state index contributed by atoms with van der Waals surface area (Å²) in [6.45, 7) is 0. The molecule has 0 spiro atoms. The van der Waals surface area contributed by atoms with E-state index >= 15 is 0 Å². The largest absolute Gasteiger partial charge is 0.550 e. The number of methoxy groups -OCH3 is 1. The van der Waals surface area contributed by atoms with Gasteiger partial charge >= 0.3 is 5.97 Å². The van der Waals surface area contributed by atoms with Gasteiger partial charge in [0.1, 0.15) is 5.01 Å². The molecule has 0 atom stereocenters. The average Bonchev–Trinajstić information content (AvgIpc) is 3.08. The summed E-state index contributed by atoms with van der Waals surface area (Å²) < 4.78 is 5.84. The van der Waals surface area contributed by atoms with Crippen LogP contribution < -0.4 is 5.11 Å². The molecule has 0 fully saturated rings. The van der Waals surface area contributed by atoms with Crippen molar-refractivity contribution in [2.75, 3.05) is 7.11 Å². The van der Waals surface area contributed by atoms with Crippen molar-refractivity contribution < 1.29 is 19.4 Å². The predicted molar refractivity (Wildman–Crippen MR) is 99.5 cm³/mol. The van der Waals surface area contributed by atoms with Crippen LogP contribution in [0.1, 0.15) is 33.8 Å². The van der Waals surface area contributed by atoms with E-state index in [-0.39, 0.29) is 12.8 Å². The second-order valence-electron chi connectivity index (χ2n) is 5.61. The van der Waals surface area contributed by atoms with Crippen LogP contribution in [0.4, 0.5) is 0 Å². The van der Waals surface area contributed by atoms with E-state index in [9.17, 15) is 14.7 Å². The lowest BCUT2D eigenvalue weighted by Gasteiger charge is -2.08. The van der Waals surface area contributed by atoms with E-state index in [2.05, 4.69) is 4.98 Å². The Morgan fingerprint density at radius 1 is 1.12 bits per heavy atom. The van der Waals surface area contributed by atoms with E-state index in [0.717, 1.165) is 20.8 Å². The number of hydrogen-bond acceptors (Lipinski definition) is 6. The quantitative estimate of drug-likeness (QED) is 0.626. The van der Waals surface area contributed by atoms with E-state index in [1.54, 1.807) is 24.3 Å². The standard InChI is InChI=1S/C20H17NO4S/c1-25-20(24)15-7-3-2-6-13(15)12-14(10-11-18(22)23)19-21-16-8-4-5-9-17(16)26-19/h2-9,12H,10-11H2,1H3,(H,22,23)/p-1/b14-12+. The van der Waals surface area contributed by atoms with Crippen molar-refractivity contribution in [1.82, 2.24) is 4.98 Å². The third-order valence-corrected chi connectivity index (χ3v) is 4.97. The Hall–Kier alpha value is -2.99. The molecule has 0 aliphatic heterocycles. The highest BCUT2D eigenvalue weighted by atomic mass is 32.1. The Kier molecular flexibility index (Phi) is 5.43. The van der Waals surface area contributed by atoms with Gasteiger partial charge < -0.3 is 14.6 Å². The van der Waals surface area contributed by atoms with Gasteiger partial charge in [-0.15, -0.1) is 11.3 Å². The number of rotatable bonds is 6. The topological polar surface area (TPSA) is 79.3 Å². The number of fused-ring (bicyclic) bond motifs is 1. The summed E-state index contributed by atoms with van der Waals surface area (Å²) in [7, 11) is 1.33. The molecule has 0 aliphatic rings. The minimum absolute atomic E-state index is 0.123. The molecule has 6 heteroatoms. The number of esters is 1. The maximum absolute atomic E-state index is 12.0. The fourth-order valence-electron chi connectivity index (χ4n) is 2.59. The second-order valence-corrected chi connectivity index (χ2v) is 6.64. The lowest BCUT2D eigenvalue weighted by molar-refractivity contribution is -0.305. The van der Waals surface area contributed by atoms with Gasteiger partial charge in [0.25, 0.3) is 0 Å². The van der Waals surface area contributed by atoms with Gasteiger partial charge in [0.05, 0.1) is 22.9 Å². The number of carbonyl (C=O) groups is 2. The minimum Gasteiger partial charge on any atom is -0.550 e. The molecule has 0 radical (unpaired) electrons. The first kappa shape index (κ1) is 17.8. The fourth-order valence-corrected chi connectivity index (χ4v) is 3.60. The first-order chi connectivity index (χ1) is 12.6. The zero-order chi connectivity index (χ0) is 18.5. The molecule has 0 saturated carbocycles. The van der Waals surface area contributed by atoms with Crippen molar-refractivity contribution in [3.63, 3.8) is 0 Å². The van der Waals surface area contributed by atoms with Crippen LogP contribution in [-0.2, 0) is 9.53 Å². The van der Waals surface area contributed by atoms with E-state index in [1.165, 1.54) is 18.4 Å². The number of ether oxygens (including phenoxy) is 1. The van der Waals surface area contributed by atoms with Crippen LogP contribution in [0.25, 0.3) is 21.9 Å². The molecule has 2 aromatic carbocycles. The normalized spacial score (nSPS) is 11.5. The summed E-state index contributed by atoms with van der Waals surface area (Å²) >= 11 is 1.49. The molecule has 0 amide bonds. The molecular formula is C20H16NO4S-. The number of aromatic nitrogens is 1. The van der Waals surface area contributed by atoms with Crippen molar-refractivity contribution in [2.24, 2.45) is 0 Å². The summed E-state index contributed by atoms with van der Waals surface area (Å²) in [4.78, 5) is 27.5. The molecule has 26 heavy (non-hydrogen) atoms. The van der Waals surface area contributed by atoms with Crippen molar-refractivity contribution in [2.45, 2.75) is 12.8 Å². The highest BCUT2D eigenvalue weighted by Crippen LogP contribution is 2.31. The number of carboxylic acids is 1. The van der Waals surface area contributed by atoms with Gasteiger partial charge in [0, 0.05) is 5.97 Å². The highest BCUT2D eigenvalue weighted by molar-refractivity contribution is 7.19. The van der Waals surface area contributed by atoms with Gasteiger partial charge in [-0.2, -0.15) is 0 Å². The minimum atomic E-state index is -1.13. The average molecular weight is 366 g/mol. The van der Waals surface area contributed by atoms with Crippen LogP contribution in [-0.4, -0.2) is 24.0 Å². The molecule has 5 nitrogen and oxygen atoms in total. The molecule has 1 aromatic heterocycles. The second kappa shape index (κ2) is 7.93. The predicted octanol–water partition coefficient (Wildman–Crippen LogP) is 3.15. The molecule has 0 N–H and O–H groups in total. The van der Waals surface area contributed by atoms with Crippen LogP contribution in [0, 0.1) is 0 Å². The number of carbonyl (C=O) groups excluding carboxylic acids is 2. The molecular weight excluding hydrogens is 350 g/mol. The Morgan fingerprint density at radius 3 is 2.58 bits per heavy atom. The molecule has 1 heterocycles. The molecule has 3 aromatic rings. The maximum Gasteiger partial charge on any atom is 0.338 e. The van der Waals surface area contributed by atoms with Crippen molar-refractivity contribution in [3.8, 4) is 0 Å². The van der Waals surface area contributed by atoms with Crippen molar-refractivity contribution in [3.05, 3.63) is 64.7 Å². The molecule has 0 saturated heterocycles. The van der Waals surface area contributed by atoms with E-state index in [0.29, 0.717) is 11.1 Å². The molecule has 3 rings (SSSR count). The first-order valence-corrected chi connectivity index (χ1v) is 8.84. The number of aliphatic carboxylic acids is 1. The smallest absolute Gasteiger partial charge is 0.338 e. The molecule has 0 unspecified atom stereocenters. The van der Waals surface area contributed by atoms with Crippen LogP contribution >= 0.6 is 11.3 Å².